The molecule has 0 bridgehead atoms. The first-order valence-electron chi connectivity index (χ1n) is 21.1. The Balaban J connectivity index is 4.69. The molecule has 0 aromatic carbocycles. The number of ether oxygens (including phenoxy) is 2. The van der Waals surface area contributed by atoms with Crippen molar-refractivity contribution in [1.82, 2.24) is 0 Å². The van der Waals surface area contributed by atoms with E-state index in [1.54, 1.807) is 12.2 Å². The summed E-state index contributed by atoms with van der Waals surface area (Å²) < 4.78 is 34.0. The van der Waals surface area contributed by atoms with E-state index < -0.39 is 38.6 Å². The maximum absolute atomic E-state index is 12.7. The third kappa shape index (κ3) is 40.9. The predicted octanol–water partition coefficient (Wildman–Crippen LogP) is 10.8. The summed E-state index contributed by atoms with van der Waals surface area (Å²) in [5.41, 5.74) is 0. The summed E-state index contributed by atoms with van der Waals surface area (Å²) in [6.45, 7) is 3.96. The summed E-state index contributed by atoms with van der Waals surface area (Å²) >= 11 is 0. The summed E-state index contributed by atoms with van der Waals surface area (Å²) in [5.74, 6) is -1.06. The zero-order valence-corrected chi connectivity index (χ0v) is 36.8. The smallest absolute Gasteiger partial charge is 0.462 e. The van der Waals surface area contributed by atoms with Crippen molar-refractivity contribution in [2.75, 3.05) is 47.5 Å². The molecule has 0 spiro atoms. The first kappa shape index (κ1) is 53.9. The van der Waals surface area contributed by atoms with E-state index in [9.17, 15) is 24.2 Å². The van der Waals surface area contributed by atoms with Gasteiger partial charge in [0, 0.05) is 12.8 Å². The van der Waals surface area contributed by atoms with Crippen molar-refractivity contribution in [3.63, 3.8) is 0 Å². The number of hydrogen-bond acceptors (Lipinski definition) is 8. The van der Waals surface area contributed by atoms with Gasteiger partial charge in [-0.25, -0.2) is 4.57 Å². The molecular weight excluding hydrogens is 741 g/mol. The number of quaternary nitrogens is 1. The van der Waals surface area contributed by atoms with Gasteiger partial charge < -0.3 is 24.0 Å². The van der Waals surface area contributed by atoms with E-state index in [1.165, 1.54) is 19.3 Å². The van der Waals surface area contributed by atoms with Crippen molar-refractivity contribution in [2.45, 2.75) is 135 Å². The average molecular weight is 819 g/mol. The molecule has 0 heterocycles. The minimum atomic E-state index is -4.44. The number of phosphoric ester groups is 1. The Labute approximate surface area is 346 Å². The second kappa shape index (κ2) is 37.2. The standard InChI is InChI=1S/C46H76NO9P/c1-6-8-10-12-14-16-18-20-21-23-25-27-29-31-33-37-45(49)53-41-44(42-55-57(51,52)54-40-39-47(3,4)5)56-46(50)38-34-36-43(48)35-32-30-28-26-24-22-19-17-15-13-11-9-7-2/h9,11,14-17,20-22,24-25,27-28,30,32,35,43-44,48H,6-8,10,12-13,18-19,23,26,29,31,33-34,36-42H2,1-5H3/p+1/b11-9-,16-14-,17-15-,21-20-,24-22-,27-25-,30-28-,35-32+/t43?,44-/m1/s1. The van der Waals surface area contributed by atoms with Gasteiger partial charge in [-0.15, -0.1) is 0 Å². The van der Waals surface area contributed by atoms with Crippen LogP contribution in [-0.4, -0.2) is 86.1 Å². The van der Waals surface area contributed by atoms with Gasteiger partial charge in [0.25, 0.3) is 0 Å². The molecule has 3 atom stereocenters. The molecule has 11 heteroatoms. The fourth-order valence-corrected chi connectivity index (χ4v) is 5.61. The molecule has 10 nitrogen and oxygen atoms in total. The number of unbranched alkanes of at least 4 members (excludes halogenated alkanes) is 5. The molecule has 2 unspecified atom stereocenters. The Kier molecular flexibility index (Phi) is 35.2. The fraction of sp³-hybridized carbons (Fsp3) is 0.609. The van der Waals surface area contributed by atoms with Gasteiger partial charge in [-0.05, 0) is 83.5 Å². The lowest BCUT2D eigenvalue weighted by Gasteiger charge is -2.24. The molecule has 324 valence electrons. The normalized spacial score (nSPS) is 15.1. The number of carbonyl (C=O) groups excluding carboxylic acids is 2. The molecule has 0 aromatic heterocycles. The van der Waals surface area contributed by atoms with Gasteiger partial charge in [-0.1, -0.05) is 124 Å². The molecule has 0 aliphatic rings. The Bertz CT molecular complexity index is 1310. The lowest BCUT2D eigenvalue weighted by atomic mass is 10.1. The van der Waals surface area contributed by atoms with Crippen LogP contribution < -0.4 is 0 Å². The Morgan fingerprint density at radius 1 is 0.649 bits per heavy atom. The summed E-state index contributed by atoms with van der Waals surface area (Å²) in [6, 6.07) is 0. The van der Waals surface area contributed by atoms with E-state index in [2.05, 4.69) is 86.8 Å². The Morgan fingerprint density at radius 3 is 1.77 bits per heavy atom. The maximum atomic E-state index is 12.7. The van der Waals surface area contributed by atoms with Gasteiger partial charge in [0.05, 0.1) is 33.9 Å². The van der Waals surface area contributed by atoms with E-state index in [-0.39, 0.29) is 26.1 Å². The highest BCUT2D eigenvalue weighted by molar-refractivity contribution is 7.47. The SMILES string of the molecule is CC/C=C\C/C=C\C/C=C\C/C=C\C=C\C(O)CCCC(=O)O[C@H](COC(=O)CCCC/C=C\C/C=C\C/C=C\CCCCC)COP(=O)(O)OCC[N+](C)(C)C. The molecule has 0 radical (unpaired) electrons. The molecule has 0 saturated carbocycles. The molecule has 0 rings (SSSR count). The van der Waals surface area contributed by atoms with Crippen LogP contribution in [0.3, 0.4) is 0 Å². The number of aliphatic hydroxyl groups excluding tert-OH is 1. The van der Waals surface area contributed by atoms with E-state index in [0.717, 1.165) is 57.8 Å². The first-order valence-corrected chi connectivity index (χ1v) is 22.6. The van der Waals surface area contributed by atoms with Crippen molar-refractivity contribution in [2.24, 2.45) is 0 Å². The Hall–Kier alpha value is -3.11. The highest BCUT2D eigenvalue weighted by Gasteiger charge is 2.27. The van der Waals surface area contributed by atoms with Gasteiger partial charge in [-0.2, -0.15) is 0 Å². The molecule has 0 aliphatic heterocycles. The zero-order chi connectivity index (χ0) is 42.3. The van der Waals surface area contributed by atoms with Crippen molar-refractivity contribution in [3.8, 4) is 0 Å². The number of hydrogen-bond donors (Lipinski definition) is 2. The number of allylic oxidation sites excluding steroid dienone is 15. The predicted molar refractivity (Wildman–Crippen MR) is 234 cm³/mol. The summed E-state index contributed by atoms with van der Waals surface area (Å²) in [7, 11) is 1.32. The highest BCUT2D eigenvalue weighted by atomic mass is 31.2. The first-order chi connectivity index (χ1) is 27.4. The lowest BCUT2D eigenvalue weighted by molar-refractivity contribution is -0.870. The minimum Gasteiger partial charge on any atom is -0.462 e. The largest absolute Gasteiger partial charge is 0.472 e. The van der Waals surface area contributed by atoms with Crippen LogP contribution in [0.5, 0.6) is 0 Å². The molecule has 2 N–H and O–H groups in total. The second-order valence-electron chi connectivity index (χ2n) is 14.8. The average Bonchev–Trinajstić information content (AvgIpc) is 3.15. The van der Waals surface area contributed by atoms with E-state index in [0.29, 0.717) is 30.3 Å². The van der Waals surface area contributed by atoms with E-state index >= 15 is 0 Å². The van der Waals surface area contributed by atoms with Crippen molar-refractivity contribution >= 4 is 19.8 Å². The van der Waals surface area contributed by atoms with Crippen LogP contribution >= 0.6 is 7.82 Å². The van der Waals surface area contributed by atoms with Crippen LogP contribution in [0.4, 0.5) is 0 Å². The van der Waals surface area contributed by atoms with E-state index in [4.69, 9.17) is 18.5 Å². The second-order valence-corrected chi connectivity index (χ2v) is 16.3. The van der Waals surface area contributed by atoms with Gasteiger partial charge >= 0.3 is 19.8 Å². The molecule has 0 fully saturated rings. The topological polar surface area (TPSA) is 129 Å². The number of carbonyl (C=O) groups is 2. The van der Waals surface area contributed by atoms with Gasteiger partial charge in [0.15, 0.2) is 6.10 Å². The maximum Gasteiger partial charge on any atom is 0.472 e. The van der Waals surface area contributed by atoms with Gasteiger partial charge in [-0.3, -0.25) is 18.6 Å². The van der Waals surface area contributed by atoms with Gasteiger partial charge in [0.1, 0.15) is 19.8 Å². The third-order valence-corrected chi connectivity index (χ3v) is 9.19. The van der Waals surface area contributed by atoms with Crippen molar-refractivity contribution < 1.29 is 47.2 Å². The summed E-state index contributed by atoms with van der Waals surface area (Å²) in [4.78, 5) is 35.3. The highest BCUT2D eigenvalue weighted by Crippen LogP contribution is 2.43. The number of likely N-dealkylation sites (N-methyl/N-ethyl adjacent to an activating group) is 1. The number of nitrogens with zero attached hydrogens (tertiary/aromatic N) is 1. The lowest BCUT2D eigenvalue weighted by Crippen LogP contribution is -2.37. The molecule has 57 heavy (non-hydrogen) atoms. The third-order valence-electron chi connectivity index (χ3n) is 8.20. The number of esters is 2. The molecule has 0 saturated heterocycles. The van der Waals surface area contributed by atoms with Crippen LogP contribution in [0.25, 0.3) is 0 Å². The van der Waals surface area contributed by atoms with Crippen LogP contribution in [0.15, 0.2) is 97.2 Å². The van der Waals surface area contributed by atoms with Crippen molar-refractivity contribution in [3.05, 3.63) is 97.2 Å². The number of rotatable bonds is 36. The van der Waals surface area contributed by atoms with Crippen LogP contribution in [0, 0.1) is 0 Å². The molecule has 0 aromatic rings. The summed E-state index contributed by atoms with van der Waals surface area (Å²) in [5, 5.41) is 10.3. The minimum absolute atomic E-state index is 0.00438. The number of aliphatic hydroxyl groups is 1. The van der Waals surface area contributed by atoms with Crippen LogP contribution in [0.2, 0.25) is 0 Å². The summed E-state index contributed by atoms with van der Waals surface area (Å²) in [6.07, 6.45) is 44.9. The zero-order valence-electron chi connectivity index (χ0n) is 35.9. The van der Waals surface area contributed by atoms with Crippen molar-refractivity contribution in [1.29, 1.82) is 0 Å². The Morgan fingerprint density at radius 2 is 1.19 bits per heavy atom. The quantitative estimate of drug-likeness (QED) is 0.0159. The van der Waals surface area contributed by atoms with E-state index in [1.807, 2.05) is 33.3 Å². The van der Waals surface area contributed by atoms with Crippen LogP contribution in [0.1, 0.15) is 123 Å². The van der Waals surface area contributed by atoms with Crippen LogP contribution in [-0.2, 0) is 32.7 Å². The number of phosphoric acid groups is 1. The monoisotopic (exact) mass is 819 g/mol. The molecule has 0 amide bonds. The fourth-order valence-electron chi connectivity index (χ4n) is 4.87. The molecular formula is C46H77NO9P+. The molecule has 0 aliphatic carbocycles. The van der Waals surface area contributed by atoms with Gasteiger partial charge in [0.2, 0.25) is 0 Å².